The van der Waals surface area contributed by atoms with E-state index >= 15 is 0 Å². The molecule has 0 spiro atoms. The van der Waals surface area contributed by atoms with Crippen molar-refractivity contribution in [1.82, 2.24) is 0 Å². The molecular formula is C35H45NO11. The maximum Gasteiger partial charge on any atom is 0.330 e. The van der Waals surface area contributed by atoms with Crippen molar-refractivity contribution in [2.75, 3.05) is 20.3 Å². The lowest BCUT2D eigenvalue weighted by Crippen LogP contribution is -2.23. The van der Waals surface area contributed by atoms with Crippen LogP contribution in [-0.2, 0) is 25.6 Å². The fraction of sp³-hybridized carbons (Fsp3) is 0.486. The number of hydrogen-bond acceptors (Lipinski definition) is 11. The Bertz CT molecular complexity index is 1330. The van der Waals surface area contributed by atoms with Crippen molar-refractivity contribution < 1.29 is 49.0 Å². The number of aliphatic hydroxyl groups excluding tert-OH is 3. The van der Waals surface area contributed by atoms with E-state index in [1.807, 2.05) is 42.5 Å². The number of methoxy groups -OCH3 is 1. The Kier molecular flexibility index (Phi) is 15.9. The highest BCUT2D eigenvalue weighted by Gasteiger charge is 2.40. The first kappa shape index (κ1) is 37.2. The van der Waals surface area contributed by atoms with Crippen molar-refractivity contribution in [3.8, 4) is 11.5 Å². The summed E-state index contributed by atoms with van der Waals surface area (Å²) in [5.74, 6) is -0.773. The Morgan fingerprint density at radius 2 is 1.79 bits per heavy atom. The van der Waals surface area contributed by atoms with Gasteiger partial charge >= 0.3 is 11.9 Å². The zero-order valence-electron chi connectivity index (χ0n) is 26.6. The first-order valence-electron chi connectivity index (χ1n) is 15.9. The van der Waals surface area contributed by atoms with Crippen LogP contribution in [0.5, 0.6) is 11.5 Å². The van der Waals surface area contributed by atoms with E-state index in [1.165, 1.54) is 18.7 Å². The topological polar surface area (TPSA) is 175 Å². The van der Waals surface area contributed by atoms with Crippen molar-refractivity contribution in [1.29, 1.82) is 0 Å². The van der Waals surface area contributed by atoms with Crippen LogP contribution in [-0.4, -0.2) is 71.0 Å². The molecule has 1 fully saturated rings. The third kappa shape index (κ3) is 13.6. The van der Waals surface area contributed by atoms with Gasteiger partial charge in [-0.3, -0.25) is 4.79 Å². The van der Waals surface area contributed by atoms with E-state index in [1.54, 1.807) is 18.2 Å². The monoisotopic (exact) mass is 655 g/mol. The van der Waals surface area contributed by atoms with Gasteiger partial charge in [-0.1, -0.05) is 48.6 Å². The van der Waals surface area contributed by atoms with E-state index in [0.29, 0.717) is 56.3 Å². The molecule has 256 valence electrons. The van der Waals surface area contributed by atoms with Crippen LogP contribution in [0, 0.1) is 22.0 Å². The van der Waals surface area contributed by atoms with Gasteiger partial charge in [0, 0.05) is 12.5 Å². The third-order valence-corrected chi connectivity index (χ3v) is 8.14. The lowest BCUT2D eigenvalue weighted by Gasteiger charge is -2.23. The number of esters is 2. The largest absolute Gasteiger partial charge is 0.493 e. The molecule has 12 nitrogen and oxygen atoms in total. The van der Waals surface area contributed by atoms with E-state index in [4.69, 9.17) is 14.2 Å². The number of unbranched alkanes of at least 4 members (excludes halogenated alkanes) is 1. The molecule has 1 aliphatic carbocycles. The van der Waals surface area contributed by atoms with Gasteiger partial charge in [-0.25, -0.2) is 4.79 Å². The van der Waals surface area contributed by atoms with Crippen LogP contribution in [0.1, 0.15) is 62.5 Å². The molecule has 5 atom stereocenters. The summed E-state index contributed by atoms with van der Waals surface area (Å²) in [7, 11) is 1.42. The summed E-state index contributed by atoms with van der Waals surface area (Å²) in [4.78, 5) is 38.4. The normalized spacial score (nSPS) is 19.9. The molecule has 1 saturated carbocycles. The SMILES string of the molecule is COc1cc(/C=C/C(=O)OCCO[N+](=O)[O-])ccc1OC(=O)CCC/C=C\C[C@@H]1[C@@H](CC[C@@H](O)CCc2ccccc2)[C@H](O)C[C@@H]1O. The Morgan fingerprint density at radius 1 is 1.02 bits per heavy atom. The van der Waals surface area contributed by atoms with Gasteiger partial charge in [0.25, 0.3) is 5.09 Å². The molecule has 3 N–H and O–H groups in total. The van der Waals surface area contributed by atoms with E-state index in [0.717, 1.165) is 12.5 Å². The number of carbonyl (C=O) groups excluding carboxylic acids is 2. The summed E-state index contributed by atoms with van der Waals surface area (Å²) >= 11 is 0. The van der Waals surface area contributed by atoms with Crippen molar-refractivity contribution in [2.24, 2.45) is 11.8 Å². The van der Waals surface area contributed by atoms with E-state index in [9.17, 15) is 35.0 Å². The quantitative estimate of drug-likeness (QED) is 0.0345. The standard InChI is InChI=1S/C35H45NO11/c1-44-33-23-26(15-20-34(40)45-21-22-46-36(42)43)14-19-32(33)47-35(41)12-8-3-2-7-11-28-29(31(39)24-30(28)38)18-17-27(37)16-13-25-9-5-4-6-10-25/h2,4-7,9-10,14-15,19-20,23,27-31,37-39H,3,8,11-13,16-18,21-22,24H2,1H3/b7-2-,20-15+/t27-,28+,29+,30-,31+/m0/s1. The van der Waals surface area contributed by atoms with Gasteiger partial charge in [0.2, 0.25) is 0 Å². The molecule has 0 saturated heterocycles. The highest BCUT2D eigenvalue weighted by molar-refractivity contribution is 5.87. The maximum absolute atomic E-state index is 12.5. The summed E-state index contributed by atoms with van der Waals surface area (Å²) in [6, 6.07) is 14.8. The lowest BCUT2D eigenvalue weighted by molar-refractivity contribution is -0.757. The van der Waals surface area contributed by atoms with Crippen LogP contribution in [0.3, 0.4) is 0 Å². The average molecular weight is 656 g/mol. The van der Waals surface area contributed by atoms with Crippen molar-refractivity contribution in [3.63, 3.8) is 0 Å². The highest BCUT2D eigenvalue weighted by atomic mass is 17.0. The van der Waals surface area contributed by atoms with Gasteiger partial charge in [0.15, 0.2) is 11.5 Å². The van der Waals surface area contributed by atoms with Crippen LogP contribution < -0.4 is 9.47 Å². The molecule has 0 amide bonds. The van der Waals surface area contributed by atoms with E-state index < -0.39 is 35.3 Å². The number of rotatable bonds is 20. The molecule has 0 aliphatic heterocycles. The summed E-state index contributed by atoms with van der Waals surface area (Å²) in [6.07, 6.45) is 9.92. The maximum atomic E-state index is 12.5. The number of hydrogen-bond donors (Lipinski definition) is 3. The summed E-state index contributed by atoms with van der Waals surface area (Å²) in [5, 5.41) is 40.7. The second-order valence-corrected chi connectivity index (χ2v) is 11.5. The number of aryl methyl sites for hydroxylation is 1. The number of aliphatic hydroxyl groups is 3. The molecule has 0 aromatic heterocycles. The molecule has 2 aromatic carbocycles. The van der Waals surface area contributed by atoms with Crippen LogP contribution in [0.25, 0.3) is 6.08 Å². The zero-order valence-corrected chi connectivity index (χ0v) is 26.6. The van der Waals surface area contributed by atoms with Crippen molar-refractivity contribution in [2.45, 2.75) is 76.1 Å². The summed E-state index contributed by atoms with van der Waals surface area (Å²) in [6.45, 7) is -0.635. The van der Waals surface area contributed by atoms with Crippen LogP contribution in [0.4, 0.5) is 0 Å². The third-order valence-electron chi connectivity index (χ3n) is 8.14. The molecule has 12 heteroatoms. The summed E-state index contributed by atoms with van der Waals surface area (Å²) in [5.41, 5.74) is 1.76. The zero-order chi connectivity index (χ0) is 34.0. The molecule has 0 bridgehead atoms. The van der Waals surface area contributed by atoms with Crippen LogP contribution >= 0.6 is 0 Å². The Morgan fingerprint density at radius 3 is 2.53 bits per heavy atom. The van der Waals surface area contributed by atoms with Gasteiger partial charge in [0.1, 0.15) is 13.2 Å². The predicted molar refractivity (Wildman–Crippen MR) is 173 cm³/mol. The predicted octanol–water partition coefficient (Wildman–Crippen LogP) is 4.61. The highest BCUT2D eigenvalue weighted by Crippen LogP contribution is 2.38. The molecule has 2 aromatic rings. The number of ether oxygens (including phenoxy) is 3. The Balaban J connectivity index is 1.37. The molecule has 1 aliphatic rings. The minimum Gasteiger partial charge on any atom is -0.493 e. The van der Waals surface area contributed by atoms with Gasteiger partial charge < -0.3 is 34.4 Å². The minimum absolute atomic E-state index is 0.0792. The Labute approximate surface area is 274 Å². The van der Waals surface area contributed by atoms with E-state index in [-0.39, 0.29) is 37.2 Å². The second kappa shape index (κ2) is 20.1. The Hall–Kier alpha value is -4.26. The average Bonchev–Trinajstić information content (AvgIpc) is 3.33. The fourth-order valence-corrected chi connectivity index (χ4v) is 5.66. The van der Waals surface area contributed by atoms with E-state index in [2.05, 4.69) is 4.84 Å². The fourth-order valence-electron chi connectivity index (χ4n) is 5.66. The lowest BCUT2D eigenvalue weighted by atomic mass is 9.85. The van der Waals surface area contributed by atoms with Crippen molar-refractivity contribution >= 4 is 18.0 Å². The van der Waals surface area contributed by atoms with Gasteiger partial charge in [-0.2, -0.15) is 0 Å². The molecule has 0 unspecified atom stereocenters. The van der Waals surface area contributed by atoms with Gasteiger partial charge in [-0.05, 0) is 92.5 Å². The van der Waals surface area contributed by atoms with Gasteiger partial charge in [-0.15, -0.1) is 10.1 Å². The smallest absolute Gasteiger partial charge is 0.330 e. The number of benzene rings is 2. The molecule has 0 radical (unpaired) electrons. The first-order valence-corrected chi connectivity index (χ1v) is 15.9. The summed E-state index contributed by atoms with van der Waals surface area (Å²) < 4.78 is 15.6. The van der Waals surface area contributed by atoms with Gasteiger partial charge in [0.05, 0.1) is 25.4 Å². The number of allylic oxidation sites excluding steroid dienone is 2. The molecular weight excluding hydrogens is 610 g/mol. The van der Waals surface area contributed by atoms with Crippen LogP contribution in [0.15, 0.2) is 66.8 Å². The second-order valence-electron chi connectivity index (χ2n) is 11.5. The number of carbonyl (C=O) groups is 2. The van der Waals surface area contributed by atoms with Crippen LogP contribution in [0.2, 0.25) is 0 Å². The molecule has 0 heterocycles. The molecule has 47 heavy (non-hydrogen) atoms. The van der Waals surface area contributed by atoms with Crippen molar-refractivity contribution in [3.05, 3.63) is 88.0 Å². The first-order chi connectivity index (χ1) is 22.7. The number of nitrogens with zero attached hydrogens (tertiary/aromatic N) is 1. The molecule has 3 rings (SSSR count). The minimum atomic E-state index is -0.974.